The zero-order chi connectivity index (χ0) is 11.7. The predicted molar refractivity (Wildman–Crippen MR) is 72.7 cm³/mol. The van der Waals surface area contributed by atoms with Gasteiger partial charge in [-0.2, -0.15) is 0 Å². The summed E-state index contributed by atoms with van der Waals surface area (Å²) in [6, 6.07) is 11.3. The van der Waals surface area contributed by atoms with Crippen molar-refractivity contribution in [3.05, 3.63) is 42.5 Å². The highest BCUT2D eigenvalue weighted by molar-refractivity contribution is 5.64. The third-order valence-corrected chi connectivity index (χ3v) is 4.50. The molecule has 3 atom stereocenters. The summed E-state index contributed by atoms with van der Waals surface area (Å²) < 4.78 is 0. The molecule has 2 fully saturated rings. The second-order valence-corrected chi connectivity index (χ2v) is 5.63. The Kier molecular flexibility index (Phi) is 3.02. The van der Waals surface area contributed by atoms with Crippen LogP contribution < -0.4 is 5.32 Å². The summed E-state index contributed by atoms with van der Waals surface area (Å²) in [5.41, 5.74) is 2.48. The lowest BCUT2D eigenvalue weighted by Crippen LogP contribution is -2.34. The van der Waals surface area contributed by atoms with Crippen LogP contribution in [0.5, 0.6) is 0 Å². The monoisotopic (exact) mass is 227 g/mol. The van der Waals surface area contributed by atoms with E-state index in [9.17, 15) is 0 Å². The second-order valence-electron chi connectivity index (χ2n) is 5.63. The minimum Gasteiger partial charge on any atom is -0.310 e. The van der Waals surface area contributed by atoms with E-state index in [1.165, 1.54) is 36.8 Å². The third-order valence-electron chi connectivity index (χ3n) is 4.50. The lowest BCUT2D eigenvalue weighted by atomic mass is 9.95. The molecule has 1 aromatic carbocycles. The number of rotatable bonds is 4. The van der Waals surface area contributed by atoms with Gasteiger partial charge >= 0.3 is 0 Å². The van der Waals surface area contributed by atoms with E-state index < -0.39 is 0 Å². The maximum Gasteiger partial charge on any atom is 0.0208 e. The topological polar surface area (TPSA) is 12.0 Å². The van der Waals surface area contributed by atoms with Crippen molar-refractivity contribution in [3.63, 3.8) is 0 Å². The summed E-state index contributed by atoms with van der Waals surface area (Å²) in [5, 5.41) is 3.71. The van der Waals surface area contributed by atoms with Crippen LogP contribution in [0.25, 0.3) is 5.57 Å². The molecule has 1 nitrogen and oxygen atoms in total. The highest BCUT2D eigenvalue weighted by Gasteiger charge is 2.38. The van der Waals surface area contributed by atoms with Crippen LogP contribution >= 0.6 is 0 Å². The molecule has 2 bridgehead atoms. The lowest BCUT2D eigenvalue weighted by molar-refractivity contribution is 0.364. The Morgan fingerprint density at radius 2 is 2.00 bits per heavy atom. The maximum absolute atomic E-state index is 4.19. The first-order valence-electron chi connectivity index (χ1n) is 6.79. The average Bonchev–Trinajstić information content (AvgIpc) is 2.99. The molecule has 0 aliphatic heterocycles. The van der Waals surface area contributed by atoms with Crippen molar-refractivity contribution >= 4 is 5.57 Å². The van der Waals surface area contributed by atoms with E-state index >= 15 is 0 Å². The Labute approximate surface area is 104 Å². The molecule has 3 unspecified atom stereocenters. The smallest absolute Gasteiger partial charge is 0.0208 e. The standard InChI is InChI=1S/C16H21N/c1-12(14-5-3-2-4-6-14)11-17-16-10-13-7-8-15(16)9-13/h2-6,13,15-17H,1,7-11H2. The Hall–Kier alpha value is -1.08. The largest absolute Gasteiger partial charge is 0.310 e. The zero-order valence-electron chi connectivity index (χ0n) is 10.4. The molecule has 2 aliphatic carbocycles. The molecule has 0 saturated heterocycles. The van der Waals surface area contributed by atoms with E-state index in [2.05, 4.69) is 42.2 Å². The molecule has 0 aromatic heterocycles. The quantitative estimate of drug-likeness (QED) is 0.830. The van der Waals surface area contributed by atoms with Gasteiger partial charge < -0.3 is 5.32 Å². The molecule has 0 amide bonds. The van der Waals surface area contributed by atoms with Gasteiger partial charge in [-0.25, -0.2) is 0 Å². The molecule has 1 heteroatoms. The van der Waals surface area contributed by atoms with E-state index in [1.54, 1.807) is 0 Å². The first kappa shape index (κ1) is 11.0. The Morgan fingerprint density at radius 3 is 2.65 bits per heavy atom. The minimum atomic E-state index is 0.759. The van der Waals surface area contributed by atoms with Gasteiger partial charge in [0.15, 0.2) is 0 Å². The van der Waals surface area contributed by atoms with E-state index in [1.807, 2.05) is 0 Å². The number of fused-ring (bicyclic) bond motifs is 2. The van der Waals surface area contributed by atoms with Crippen molar-refractivity contribution in [2.45, 2.75) is 31.7 Å². The first-order valence-corrected chi connectivity index (χ1v) is 6.79. The molecule has 1 aromatic rings. The van der Waals surface area contributed by atoms with Crippen LogP contribution in [0.2, 0.25) is 0 Å². The average molecular weight is 227 g/mol. The number of hydrogen-bond donors (Lipinski definition) is 1. The van der Waals surface area contributed by atoms with Crippen LogP contribution in [0.3, 0.4) is 0 Å². The van der Waals surface area contributed by atoms with Gasteiger partial charge in [-0.1, -0.05) is 43.3 Å². The predicted octanol–water partition coefficient (Wildman–Crippen LogP) is 3.48. The Bertz CT molecular complexity index is 395. The number of benzene rings is 1. The molecular weight excluding hydrogens is 206 g/mol. The van der Waals surface area contributed by atoms with Gasteiger partial charge in [0, 0.05) is 12.6 Å². The van der Waals surface area contributed by atoms with Gasteiger partial charge in [-0.05, 0) is 42.2 Å². The fraction of sp³-hybridized carbons (Fsp3) is 0.500. The zero-order valence-corrected chi connectivity index (χ0v) is 10.4. The van der Waals surface area contributed by atoms with Crippen molar-refractivity contribution in [2.75, 3.05) is 6.54 Å². The van der Waals surface area contributed by atoms with Gasteiger partial charge in [0.05, 0.1) is 0 Å². The van der Waals surface area contributed by atoms with Crippen molar-refractivity contribution in [3.8, 4) is 0 Å². The lowest BCUT2D eigenvalue weighted by Gasteiger charge is -2.23. The highest BCUT2D eigenvalue weighted by atomic mass is 14.9. The maximum atomic E-state index is 4.19. The van der Waals surface area contributed by atoms with Crippen LogP contribution in [-0.4, -0.2) is 12.6 Å². The SMILES string of the molecule is C=C(CNC1CC2CCC1C2)c1ccccc1. The summed E-state index contributed by atoms with van der Waals surface area (Å²) >= 11 is 0. The molecular formula is C16H21N. The Balaban J connectivity index is 1.53. The van der Waals surface area contributed by atoms with Gasteiger partial charge in [0.25, 0.3) is 0 Å². The molecule has 0 radical (unpaired) electrons. The molecule has 2 aliphatic rings. The molecule has 3 rings (SSSR count). The highest BCUT2D eigenvalue weighted by Crippen LogP contribution is 2.44. The van der Waals surface area contributed by atoms with Crippen LogP contribution in [0.15, 0.2) is 36.9 Å². The summed E-state index contributed by atoms with van der Waals surface area (Å²) in [6.45, 7) is 5.13. The minimum absolute atomic E-state index is 0.759. The van der Waals surface area contributed by atoms with E-state index in [0.717, 1.165) is 24.4 Å². The van der Waals surface area contributed by atoms with Crippen LogP contribution in [0, 0.1) is 11.8 Å². The summed E-state index contributed by atoms with van der Waals surface area (Å²) in [7, 11) is 0. The number of hydrogen-bond acceptors (Lipinski definition) is 1. The first-order chi connectivity index (χ1) is 8.33. The fourth-order valence-corrected chi connectivity index (χ4v) is 3.52. The van der Waals surface area contributed by atoms with Gasteiger partial charge in [0.1, 0.15) is 0 Å². The van der Waals surface area contributed by atoms with E-state index in [4.69, 9.17) is 0 Å². The third kappa shape index (κ3) is 2.30. The van der Waals surface area contributed by atoms with Crippen molar-refractivity contribution < 1.29 is 0 Å². The van der Waals surface area contributed by atoms with Crippen molar-refractivity contribution in [1.29, 1.82) is 0 Å². The molecule has 1 N–H and O–H groups in total. The van der Waals surface area contributed by atoms with Crippen LogP contribution in [-0.2, 0) is 0 Å². The fourth-order valence-electron chi connectivity index (χ4n) is 3.52. The van der Waals surface area contributed by atoms with Crippen LogP contribution in [0.1, 0.15) is 31.2 Å². The van der Waals surface area contributed by atoms with Crippen LogP contribution in [0.4, 0.5) is 0 Å². The molecule has 0 spiro atoms. The van der Waals surface area contributed by atoms with Gasteiger partial charge in [-0.3, -0.25) is 0 Å². The van der Waals surface area contributed by atoms with E-state index in [-0.39, 0.29) is 0 Å². The summed E-state index contributed by atoms with van der Waals surface area (Å²) in [5.74, 6) is 1.96. The molecule has 90 valence electrons. The summed E-state index contributed by atoms with van der Waals surface area (Å²) in [6.07, 6.45) is 5.78. The van der Waals surface area contributed by atoms with Gasteiger partial charge in [-0.15, -0.1) is 0 Å². The number of nitrogens with one attached hydrogen (secondary N) is 1. The van der Waals surface area contributed by atoms with E-state index in [0.29, 0.717) is 0 Å². The summed E-state index contributed by atoms with van der Waals surface area (Å²) in [4.78, 5) is 0. The van der Waals surface area contributed by atoms with Gasteiger partial charge in [0.2, 0.25) is 0 Å². The molecule has 0 heterocycles. The van der Waals surface area contributed by atoms with Crippen molar-refractivity contribution in [1.82, 2.24) is 5.32 Å². The molecule has 2 saturated carbocycles. The second kappa shape index (κ2) is 4.66. The Morgan fingerprint density at radius 1 is 1.18 bits per heavy atom. The van der Waals surface area contributed by atoms with Crippen molar-refractivity contribution in [2.24, 2.45) is 11.8 Å². The normalized spacial score (nSPS) is 30.7. The molecule has 17 heavy (non-hydrogen) atoms.